The van der Waals surface area contributed by atoms with Crippen LogP contribution in [-0.2, 0) is 23.8 Å². The molecule has 1 fully saturated rings. The average molecular weight is 777 g/mol. The number of carbonyl (C=O) groups excluding carboxylic acids is 4. The van der Waals surface area contributed by atoms with E-state index in [0.717, 1.165) is 0 Å². The lowest BCUT2D eigenvalue weighted by atomic mass is 9.78. The average Bonchev–Trinajstić information content (AvgIpc) is 3.64. The number of amides is 1. The Morgan fingerprint density at radius 2 is 1.66 bits per heavy atom. The molecule has 15 nitrogen and oxygen atoms in total. The van der Waals surface area contributed by atoms with Crippen LogP contribution in [0.25, 0.3) is 0 Å². The Balaban J connectivity index is 1.48. The molecule has 9 atom stereocenters. The third kappa shape index (κ3) is 7.28. The summed E-state index contributed by atoms with van der Waals surface area (Å²) in [4.78, 5) is 59.8. The highest BCUT2D eigenvalue weighted by Gasteiger charge is 2.53. The molecule has 4 heterocycles. The van der Waals surface area contributed by atoms with E-state index in [1.165, 1.54) is 45.4 Å². The standard InChI is InChI=1S/C41H52N4O11/c1-19-10-9-11-20(2)39(52)43-33-32-31(44-41(45-32)13-15-42-16-14-41)30-28(36(33)50)25(47)18-27-29(30)38(51)40(7,56-27)54-17-12-26(53-8)21(3)37(55-24(6)46)23(5)35(49)22(4)34(19)48/h9-12,17-19,21-23,26,34-35,37,42,45,47-49H,13-16H2,1-8H3,(H,43,52)/b10-9+,17-12+,20-11-/t19-,21+,22+,23+,26-,34-,35+,37+,40-/m0/s1. The number of phenolic OH excluding ortho intramolecular Hbond substituents is 1. The number of allylic oxidation sites excluding steroid dienone is 4. The number of aliphatic hydroxyl groups is 2. The van der Waals surface area contributed by atoms with E-state index in [0.29, 0.717) is 25.9 Å². The van der Waals surface area contributed by atoms with Crippen molar-refractivity contribution >= 4 is 29.2 Å². The first-order valence-electron chi connectivity index (χ1n) is 19.0. The molecule has 1 aromatic rings. The van der Waals surface area contributed by atoms with E-state index in [9.17, 15) is 34.5 Å². The molecule has 6 N–H and O–H groups in total. The van der Waals surface area contributed by atoms with Crippen LogP contribution in [0.3, 0.4) is 0 Å². The molecule has 1 amide bonds. The van der Waals surface area contributed by atoms with Crippen LogP contribution in [-0.4, -0.2) is 101 Å². The molecule has 0 aromatic heterocycles. The van der Waals surface area contributed by atoms with Crippen LogP contribution in [0.2, 0.25) is 0 Å². The highest BCUT2D eigenvalue weighted by Crippen LogP contribution is 2.47. The first-order chi connectivity index (χ1) is 26.4. The Hall–Kier alpha value is -4.83. The van der Waals surface area contributed by atoms with E-state index in [-0.39, 0.29) is 45.1 Å². The summed E-state index contributed by atoms with van der Waals surface area (Å²) in [6.45, 7) is 12.5. The van der Waals surface area contributed by atoms with Crippen LogP contribution < -0.4 is 20.7 Å². The molecule has 1 aromatic carbocycles. The van der Waals surface area contributed by atoms with E-state index in [1.54, 1.807) is 46.8 Å². The van der Waals surface area contributed by atoms with Gasteiger partial charge in [0.25, 0.3) is 11.7 Å². The number of ether oxygens (including phenoxy) is 4. The maximum atomic E-state index is 14.4. The summed E-state index contributed by atoms with van der Waals surface area (Å²) in [6.07, 6.45) is 4.93. The number of fused-ring (bicyclic) bond motifs is 3. The number of benzene rings is 1. The number of hydrogen-bond acceptors (Lipinski definition) is 14. The molecule has 5 bridgehead atoms. The molecular formula is C41H52N4O11. The van der Waals surface area contributed by atoms with Crippen LogP contribution in [0.1, 0.15) is 87.6 Å². The molecule has 5 aliphatic rings. The second kappa shape index (κ2) is 15.6. The van der Waals surface area contributed by atoms with E-state index < -0.39 is 88.7 Å². The first-order valence-corrected chi connectivity index (χ1v) is 19.0. The summed E-state index contributed by atoms with van der Waals surface area (Å²) < 4.78 is 23.6. The van der Waals surface area contributed by atoms with Crippen molar-refractivity contribution in [3.05, 3.63) is 70.3 Å². The van der Waals surface area contributed by atoms with Crippen LogP contribution in [0.5, 0.6) is 11.5 Å². The fourth-order valence-electron chi connectivity index (χ4n) is 8.28. The minimum absolute atomic E-state index is 0.00745. The largest absolute Gasteiger partial charge is 0.507 e. The molecule has 1 spiro atoms. The monoisotopic (exact) mass is 776 g/mol. The Kier molecular flexibility index (Phi) is 11.4. The van der Waals surface area contributed by atoms with Gasteiger partial charge in [0.15, 0.2) is 0 Å². The smallest absolute Gasteiger partial charge is 0.312 e. The van der Waals surface area contributed by atoms with Gasteiger partial charge in [-0.2, -0.15) is 0 Å². The lowest BCUT2D eigenvalue weighted by molar-refractivity contribution is -0.160. The van der Waals surface area contributed by atoms with Crippen molar-refractivity contribution in [3.8, 4) is 11.5 Å². The molecule has 56 heavy (non-hydrogen) atoms. The number of aliphatic hydroxyl groups excluding tert-OH is 2. The summed E-state index contributed by atoms with van der Waals surface area (Å²) in [7, 11) is 1.46. The Bertz CT molecular complexity index is 1960. The van der Waals surface area contributed by atoms with Gasteiger partial charge in [-0.3, -0.25) is 24.2 Å². The molecule has 1 saturated heterocycles. The number of carbonyl (C=O) groups is 4. The molecular weight excluding hydrogens is 724 g/mol. The van der Waals surface area contributed by atoms with Gasteiger partial charge in [0.05, 0.1) is 47.1 Å². The summed E-state index contributed by atoms with van der Waals surface area (Å²) in [5, 5.41) is 43.6. The number of hydrogen-bond donors (Lipinski definition) is 6. The minimum Gasteiger partial charge on any atom is -0.507 e. The summed E-state index contributed by atoms with van der Waals surface area (Å²) >= 11 is 0. The lowest BCUT2D eigenvalue weighted by Crippen LogP contribution is -2.49. The molecule has 6 rings (SSSR count). The fraction of sp³-hybridized carbons (Fsp3) is 0.537. The summed E-state index contributed by atoms with van der Waals surface area (Å²) in [5.41, 5.74) is -0.422. The number of phenols is 1. The second-order valence-corrected chi connectivity index (χ2v) is 15.7. The van der Waals surface area contributed by atoms with E-state index in [2.05, 4.69) is 16.0 Å². The molecule has 1 aliphatic carbocycles. The van der Waals surface area contributed by atoms with Gasteiger partial charge >= 0.3 is 11.8 Å². The number of nitrogens with zero attached hydrogens (tertiary/aromatic N) is 1. The van der Waals surface area contributed by atoms with E-state index in [4.69, 9.17) is 23.9 Å². The van der Waals surface area contributed by atoms with E-state index >= 15 is 0 Å². The first kappa shape index (κ1) is 40.8. The van der Waals surface area contributed by atoms with Crippen molar-refractivity contribution in [2.24, 2.45) is 28.7 Å². The van der Waals surface area contributed by atoms with Gasteiger partial charge in [-0.15, -0.1) is 0 Å². The Labute approximate surface area is 325 Å². The van der Waals surface area contributed by atoms with Crippen molar-refractivity contribution < 1.29 is 53.4 Å². The third-order valence-corrected chi connectivity index (χ3v) is 11.7. The van der Waals surface area contributed by atoms with Crippen LogP contribution in [0, 0.1) is 23.7 Å². The van der Waals surface area contributed by atoms with Gasteiger partial charge in [0, 0.05) is 74.7 Å². The van der Waals surface area contributed by atoms with Crippen molar-refractivity contribution in [3.63, 3.8) is 0 Å². The quantitative estimate of drug-likeness (QED) is 0.239. The van der Waals surface area contributed by atoms with Gasteiger partial charge in [-0.1, -0.05) is 45.9 Å². The number of methoxy groups -OCH3 is 1. The highest BCUT2D eigenvalue weighted by atomic mass is 16.7. The Morgan fingerprint density at radius 3 is 2.32 bits per heavy atom. The highest BCUT2D eigenvalue weighted by molar-refractivity contribution is 6.34. The number of aliphatic imine (C=N–C) groups is 1. The predicted octanol–water partition coefficient (Wildman–Crippen LogP) is 2.94. The topological polar surface area (TPSA) is 214 Å². The summed E-state index contributed by atoms with van der Waals surface area (Å²) in [6, 6.07) is 1.18. The Morgan fingerprint density at radius 1 is 0.964 bits per heavy atom. The van der Waals surface area contributed by atoms with Crippen LogP contribution in [0.4, 0.5) is 0 Å². The van der Waals surface area contributed by atoms with Gasteiger partial charge < -0.3 is 50.2 Å². The maximum Gasteiger partial charge on any atom is 0.312 e. The van der Waals surface area contributed by atoms with Gasteiger partial charge in [-0.05, 0) is 26.1 Å². The van der Waals surface area contributed by atoms with Crippen LogP contribution in [0.15, 0.2) is 58.6 Å². The fourth-order valence-corrected chi connectivity index (χ4v) is 8.28. The van der Waals surface area contributed by atoms with Gasteiger partial charge in [0.1, 0.15) is 29.0 Å². The molecule has 4 aliphatic heterocycles. The van der Waals surface area contributed by atoms with Gasteiger partial charge in [0.2, 0.25) is 5.78 Å². The third-order valence-electron chi connectivity index (χ3n) is 11.7. The molecule has 0 radical (unpaired) electrons. The van der Waals surface area contributed by atoms with Crippen molar-refractivity contribution in [2.75, 3.05) is 20.2 Å². The number of rotatable bonds is 2. The van der Waals surface area contributed by atoms with Crippen molar-refractivity contribution in [1.29, 1.82) is 0 Å². The van der Waals surface area contributed by atoms with Crippen LogP contribution >= 0.6 is 0 Å². The molecule has 15 heteroatoms. The maximum absolute atomic E-state index is 14.4. The molecule has 302 valence electrons. The van der Waals surface area contributed by atoms with E-state index in [1.807, 2.05) is 0 Å². The zero-order valence-corrected chi connectivity index (χ0v) is 33.0. The van der Waals surface area contributed by atoms with Crippen molar-refractivity contribution in [2.45, 2.75) is 97.2 Å². The number of esters is 1. The zero-order valence-electron chi connectivity index (χ0n) is 33.0. The molecule has 0 unspecified atom stereocenters. The minimum atomic E-state index is -1.95. The number of piperidine rings is 1. The number of nitrogens with one attached hydrogen (secondary N) is 3. The zero-order chi connectivity index (χ0) is 40.9. The number of aromatic hydroxyl groups is 1. The normalized spacial score (nSPS) is 35.3. The van der Waals surface area contributed by atoms with Crippen molar-refractivity contribution in [1.82, 2.24) is 16.0 Å². The van der Waals surface area contributed by atoms with Gasteiger partial charge in [-0.25, -0.2) is 0 Å². The second-order valence-electron chi connectivity index (χ2n) is 15.7. The molecule has 0 saturated carbocycles. The summed E-state index contributed by atoms with van der Waals surface area (Å²) in [5.74, 6) is -7.35. The SMILES string of the molecule is CO[C@H]1/C=C/O[C@@]2(C)Oc3cc(O)c4c(c3C2=O)C2=NC3(CCNCC3)NC2=C(NC(=O)/C(C)=C\C=C\[C@H](C)[C@H](O)[C@@H](C)[C@@H](O)[C@@H](C)[C@H](OC(C)=O)[C@@H]1C)C4=O. The number of Topliss-reactive ketones (excluding diaryl/α,β-unsaturated/α-hetero) is 2. The number of ketones is 2. The predicted molar refractivity (Wildman–Crippen MR) is 204 cm³/mol. The lowest BCUT2D eigenvalue weighted by Gasteiger charge is -2.38.